The highest BCUT2D eigenvalue weighted by atomic mass is 16.5. The first-order valence-electron chi connectivity index (χ1n) is 6.00. The van der Waals surface area contributed by atoms with Crippen LogP contribution in [0.25, 0.3) is 0 Å². The summed E-state index contributed by atoms with van der Waals surface area (Å²) in [5.41, 5.74) is 0.428. The Morgan fingerprint density at radius 3 is 3.12 bits per heavy atom. The van der Waals surface area contributed by atoms with E-state index in [1.807, 2.05) is 6.92 Å². The van der Waals surface area contributed by atoms with E-state index >= 15 is 0 Å². The van der Waals surface area contributed by atoms with E-state index < -0.39 is 11.4 Å². The van der Waals surface area contributed by atoms with Crippen molar-refractivity contribution in [3.05, 3.63) is 18.0 Å². The molecule has 0 aliphatic carbocycles. The average molecular weight is 238 g/mol. The first-order valence-corrected chi connectivity index (χ1v) is 6.00. The molecule has 5 heteroatoms. The van der Waals surface area contributed by atoms with Gasteiger partial charge in [0, 0.05) is 18.7 Å². The zero-order valence-corrected chi connectivity index (χ0v) is 10.1. The minimum Gasteiger partial charge on any atom is -0.481 e. The maximum Gasteiger partial charge on any atom is 0.310 e. The van der Waals surface area contributed by atoms with Gasteiger partial charge in [0.15, 0.2) is 0 Å². The highest BCUT2D eigenvalue weighted by Crippen LogP contribution is 2.34. The van der Waals surface area contributed by atoms with Crippen LogP contribution in [-0.4, -0.2) is 34.2 Å². The molecule has 2 rings (SSSR count). The van der Waals surface area contributed by atoms with Gasteiger partial charge in [-0.3, -0.25) is 9.69 Å². The Balaban J connectivity index is 2.03. The van der Waals surface area contributed by atoms with Crippen LogP contribution < -0.4 is 0 Å². The molecule has 1 atom stereocenters. The quantitative estimate of drug-likeness (QED) is 0.865. The van der Waals surface area contributed by atoms with Gasteiger partial charge in [-0.25, -0.2) is 0 Å². The van der Waals surface area contributed by atoms with Gasteiger partial charge in [-0.1, -0.05) is 12.1 Å². The second-order valence-electron chi connectivity index (χ2n) is 4.79. The summed E-state index contributed by atoms with van der Waals surface area (Å²) in [7, 11) is 0. The maximum atomic E-state index is 11.4. The summed E-state index contributed by atoms with van der Waals surface area (Å²) >= 11 is 0. The fourth-order valence-electron chi connectivity index (χ4n) is 2.54. The molecule has 1 aromatic heterocycles. The van der Waals surface area contributed by atoms with Crippen LogP contribution in [0.4, 0.5) is 0 Å². The Bertz CT molecular complexity index is 377. The molecule has 0 bridgehead atoms. The Labute approximate surface area is 100 Å². The molecule has 0 saturated carbocycles. The van der Waals surface area contributed by atoms with Gasteiger partial charge >= 0.3 is 5.97 Å². The number of hydrogen-bond acceptors (Lipinski definition) is 4. The van der Waals surface area contributed by atoms with E-state index in [0.29, 0.717) is 13.0 Å². The van der Waals surface area contributed by atoms with Crippen LogP contribution in [0.15, 0.2) is 17.0 Å². The fourth-order valence-corrected chi connectivity index (χ4v) is 2.54. The van der Waals surface area contributed by atoms with Crippen molar-refractivity contribution in [3.63, 3.8) is 0 Å². The summed E-state index contributed by atoms with van der Waals surface area (Å²) in [5, 5.41) is 13.0. The molecule has 0 radical (unpaired) electrons. The smallest absolute Gasteiger partial charge is 0.310 e. The molecule has 0 amide bonds. The number of aliphatic carboxylic acids is 1. The molecule has 1 unspecified atom stereocenters. The van der Waals surface area contributed by atoms with Crippen LogP contribution in [0.1, 0.15) is 31.7 Å². The highest BCUT2D eigenvalue weighted by molar-refractivity contribution is 5.75. The standard InChI is InChI=1S/C12H18N2O3/c1-2-12(11(15)16)4-3-5-14(9-12)7-10-6-13-17-8-10/h6,8H,2-5,7,9H2,1H3,(H,15,16). The number of aromatic nitrogens is 1. The molecule has 1 aromatic rings. The van der Waals surface area contributed by atoms with Crippen LogP contribution in [0.5, 0.6) is 0 Å². The summed E-state index contributed by atoms with van der Waals surface area (Å²) in [6, 6.07) is 0. The monoisotopic (exact) mass is 238 g/mol. The van der Waals surface area contributed by atoms with Crippen molar-refractivity contribution in [1.82, 2.24) is 10.1 Å². The van der Waals surface area contributed by atoms with Gasteiger partial charge in [0.2, 0.25) is 0 Å². The van der Waals surface area contributed by atoms with Crippen LogP contribution in [0, 0.1) is 5.41 Å². The van der Waals surface area contributed by atoms with Crippen molar-refractivity contribution in [2.45, 2.75) is 32.7 Å². The van der Waals surface area contributed by atoms with Crippen molar-refractivity contribution in [2.75, 3.05) is 13.1 Å². The fraction of sp³-hybridized carbons (Fsp3) is 0.667. The van der Waals surface area contributed by atoms with Gasteiger partial charge in [0.25, 0.3) is 0 Å². The lowest BCUT2D eigenvalue weighted by molar-refractivity contribution is -0.153. The molecule has 94 valence electrons. The van der Waals surface area contributed by atoms with Gasteiger partial charge in [-0.05, 0) is 25.8 Å². The zero-order valence-electron chi connectivity index (χ0n) is 10.1. The average Bonchev–Trinajstić information content (AvgIpc) is 2.82. The van der Waals surface area contributed by atoms with Gasteiger partial charge < -0.3 is 9.63 Å². The lowest BCUT2D eigenvalue weighted by atomic mass is 9.77. The van der Waals surface area contributed by atoms with Crippen LogP contribution in [0.2, 0.25) is 0 Å². The largest absolute Gasteiger partial charge is 0.481 e. The van der Waals surface area contributed by atoms with E-state index in [4.69, 9.17) is 4.52 Å². The molecule has 0 aromatic carbocycles. The third-order valence-corrected chi connectivity index (χ3v) is 3.68. The molecule has 1 aliphatic heterocycles. The number of carboxylic acids is 1. The number of hydrogen-bond donors (Lipinski definition) is 1. The van der Waals surface area contributed by atoms with E-state index in [2.05, 4.69) is 10.1 Å². The van der Waals surface area contributed by atoms with Crippen molar-refractivity contribution >= 4 is 5.97 Å². The Morgan fingerprint density at radius 1 is 1.71 bits per heavy atom. The van der Waals surface area contributed by atoms with Crippen LogP contribution >= 0.6 is 0 Å². The molecule has 1 aliphatic rings. The third kappa shape index (κ3) is 2.49. The Kier molecular flexibility index (Phi) is 3.47. The zero-order chi connectivity index (χ0) is 12.3. The van der Waals surface area contributed by atoms with Crippen molar-refractivity contribution in [1.29, 1.82) is 0 Å². The number of piperidine rings is 1. The first kappa shape index (κ1) is 12.1. The summed E-state index contributed by atoms with van der Waals surface area (Å²) in [5.74, 6) is -0.671. The van der Waals surface area contributed by atoms with Crippen molar-refractivity contribution in [3.8, 4) is 0 Å². The minimum atomic E-state index is -0.671. The maximum absolute atomic E-state index is 11.4. The van der Waals surface area contributed by atoms with Gasteiger partial charge in [0.05, 0.1) is 11.6 Å². The summed E-state index contributed by atoms with van der Waals surface area (Å²) < 4.78 is 4.79. The molecule has 1 N–H and O–H groups in total. The van der Waals surface area contributed by atoms with E-state index in [-0.39, 0.29) is 0 Å². The predicted molar refractivity (Wildman–Crippen MR) is 61.4 cm³/mol. The second-order valence-corrected chi connectivity index (χ2v) is 4.79. The van der Waals surface area contributed by atoms with Crippen molar-refractivity contribution in [2.24, 2.45) is 5.41 Å². The Morgan fingerprint density at radius 2 is 2.53 bits per heavy atom. The lowest BCUT2D eigenvalue weighted by Gasteiger charge is -2.39. The van der Waals surface area contributed by atoms with E-state index in [0.717, 1.165) is 31.5 Å². The molecule has 2 heterocycles. The number of likely N-dealkylation sites (tertiary alicyclic amines) is 1. The minimum absolute atomic E-state index is 0.574. The van der Waals surface area contributed by atoms with Gasteiger partial charge in [-0.2, -0.15) is 0 Å². The first-order chi connectivity index (χ1) is 8.16. The van der Waals surface area contributed by atoms with E-state index in [9.17, 15) is 9.90 Å². The molecular formula is C12H18N2O3. The van der Waals surface area contributed by atoms with E-state index in [1.165, 1.54) is 0 Å². The highest BCUT2D eigenvalue weighted by Gasteiger charge is 2.40. The summed E-state index contributed by atoms with van der Waals surface area (Å²) in [4.78, 5) is 13.6. The summed E-state index contributed by atoms with van der Waals surface area (Å²) in [6.45, 7) is 4.24. The topological polar surface area (TPSA) is 66.6 Å². The predicted octanol–water partition coefficient (Wildman–Crippen LogP) is 1.75. The normalized spacial score (nSPS) is 25.9. The van der Waals surface area contributed by atoms with Crippen LogP contribution in [-0.2, 0) is 11.3 Å². The third-order valence-electron chi connectivity index (χ3n) is 3.68. The van der Waals surface area contributed by atoms with Gasteiger partial charge in [-0.15, -0.1) is 0 Å². The number of nitrogens with zero attached hydrogens (tertiary/aromatic N) is 2. The van der Waals surface area contributed by atoms with Gasteiger partial charge in [0.1, 0.15) is 6.26 Å². The number of carboxylic acid groups (broad SMARTS) is 1. The Hall–Kier alpha value is -1.36. The molecule has 17 heavy (non-hydrogen) atoms. The molecule has 5 nitrogen and oxygen atoms in total. The lowest BCUT2D eigenvalue weighted by Crippen LogP contribution is -2.47. The molecular weight excluding hydrogens is 220 g/mol. The summed E-state index contributed by atoms with van der Waals surface area (Å²) in [6.07, 6.45) is 5.69. The second kappa shape index (κ2) is 4.87. The molecule has 0 spiro atoms. The van der Waals surface area contributed by atoms with Crippen molar-refractivity contribution < 1.29 is 14.4 Å². The van der Waals surface area contributed by atoms with Crippen LogP contribution in [0.3, 0.4) is 0 Å². The number of rotatable bonds is 4. The van der Waals surface area contributed by atoms with E-state index in [1.54, 1.807) is 12.5 Å². The molecule has 1 saturated heterocycles. The molecule has 1 fully saturated rings. The SMILES string of the molecule is CCC1(C(=O)O)CCCN(Cc2cnoc2)C1. The number of carbonyl (C=O) groups is 1.